The molecule has 1 aliphatic rings. The summed E-state index contributed by atoms with van der Waals surface area (Å²) in [7, 11) is 2.70. The van der Waals surface area contributed by atoms with Gasteiger partial charge in [-0.25, -0.2) is 9.59 Å². The molecule has 0 spiro atoms. The second-order valence-corrected chi connectivity index (χ2v) is 8.03. The van der Waals surface area contributed by atoms with Crippen LogP contribution in [0, 0.1) is 0 Å². The van der Waals surface area contributed by atoms with E-state index in [0.29, 0.717) is 0 Å². The predicted molar refractivity (Wildman–Crippen MR) is 125 cm³/mol. The standard InChI is InChI=1S/C25H30N2O7/c1-15(32-2)22(24(29)30)27-23(28)21(33-3)12-13-26-25(31)34-14-20-18-10-6-4-8-16(18)17-9-5-7-11-19(17)20/h4-11,15,20-22H,12-14H2,1-3H3,(H,26,31)(H,27,28)(H,29,30)/t15-,21?,22+/m1/s1. The van der Waals surface area contributed by atoms with Gasteiger partial charge < -0.3 is 30.0 Å². The van der Waals surface area contributed by atoms with Crippen LogP contribution in [-0.4, -0.2) is 68.7 Å². The number of alkyl carbamates (subject to hydrolysis) is 1. The second-order valence-electron chi connectivity index (χ2n) is 8.03. The van der Waals surface area contributed by atoms with Crippen LogP contribution < -0.4 is 10.6 Å². The summed E-state index contributed by atoms with van der Waals surface area (Å²) >= 11 is 0. The zero-order valence-corrected chi connectivity index (χ0v) is 19.4. The number of hydrogen-bond acceptors (Lipinski definition) is 6. The Morgan fingerprint density at radius 1 is 0.971 bits per heavy atom. The predicted octanol–water partition coefficient (Wildman–Crippen LogP) is 2.53. The van der Waals surface area contributed by atoms with Gasteiger partial charge in [0.1, 0.15) is 12.7 Å². The Hall–Kier alpha value is -3.43. The summed E-state index contributed by atoms with van der Waals surface area (Å²) in [5.41, 5.74) is 4.52. The molecule has 1 aliphatic carbocycles. The molecule has 3 rings (SSSR count). The van der Waals surface area contributed by atoms with E-state index in [9.17, 15) is 19.5 Å². The Bertz CT molecular complexity index is 980. The van der Waals surface area contributed by atoms with Crippen molar-refractivity contribution in [1.29, 1.82) is 0 Å². The zero-order chi connectivity index (χ0) is 24.7. The molecule has 0 bridgehead atoms. The molecule has 1 unspecified atom stereocenters. The number of carbonyl (C=O) groups excluding carboxylic acids is 2. The van der Waals surface area contributed by atoms with E-state index in [4.69, 9.17) is 14.2 Å². The fraction of sp³-hybridized carbons (Fsp3) is 0.400. The molecule has 0 saturated carbocycles. The molecule has 0 heterocycles. The average molecular weight is 471 g/mol. The molecule has 3 N–H and O–H groups in total. The lowest BCUT2D eigenvalue weighted by atomic mass is 9.98. The van der Waals surface area contributed by atoms with E-state index in [1.165, 1.54) is 14.2 Å². The third kappa shape index (κ3) is 5.73. The van der Waals surface area contributed by atoms with E-state index in [-0.39, 0.29) is 25.5 Å². The minimum absolute atomic E-state index is 0.0497. The number of ether oxygens (including phenoxy) is 3. The molecule has 0 aromatic heterocycles. The summed E-state index contributed by atoms with van der Waals surface area (Å²) in [4.78, 5) is 36.1. The van der Waals surface area contributed by atoms with E-state index < -0.39 is 36.2 Å². The molecular weight excluding hydrogens is 440 g/mol. The lowest BCUT2D eigenvalue weighted by Crippen LogP contribution is -2.52. The largest absolute Gasteiger partial charge is 0.480 e. The highest BCUT2D eigenvalue weighted by atomic mass is 16.5. The highest BCUT2D eigenvalue weighted by molar-refractivity contribution is 5.86. The van der Waals surface area contributed by atoms with Gasteiger partial charge >= 0.3 is 12.1 Å². The molecule has 0 saturated heterocycles. The Morgan fingerprint density at radius 2 is 1.56 bits per heavy atom. The number of nitrogens with one attached hydrogen (secondary N) is 2. The minimum Gasteiger partial charge on any atom is -0.480 e. The molecule has 2 aromatic rings. The number of benzene rings is 2. The number of aliphatic carboxylic acids is 1. The molecule has 0 aliphatic heterocycles. The van der Waals surface area contributed by atoms with Gasteiger partial charge in [-0.15, -0.1) is 0 Å². The molecule has 0 fully saturated rings. The van der Waals surface area contributed by atoms with Crippen molar-refractivity contribution in [2.45, 2.75) is 37.5 Å². The van der Waals surface area contributed by atoms with Gasteiger partial charge in [0.15, 0.2) is 6.04 Å². The molecule has 34 heavy (non-hydrogen) atoms. The van der Waals surface area contributed by atoms with Crippen LogP contribution in [0.5, 0.6) is 0 Å². The number of rotatable bonds is 11. The van der Waals surface area contributed by atoms with E-state index in [1.54, 1.807) is 6.92 Å². The van der Waals surface area contributed by atoms with Crippen molar-refractivity contribution in [3.05, 3.63) is 59.7 Å². The van der Waals surface area contributed by atoms with Gasteiger partial charge in [0.05, 0.1) is 6.10 Å². The second kappa shape index (κ2) is 11.6. The van der Waals surface area contributed by atoms with E-state index in [1.807, 2.05) is 36.4 Å². The average Bonchev–Trinajstić information content (AvgIpc) is 3.16. The first-order valence-corrected chi connectivity index (χ1v) is 11.0. The van der Waals surface area contributed by atoms with Crippen LogP contribution in [0.4, 0.5) is 4.79 Å². The SMILES string of the molecule is COC(CCNC(=O)OCC1c2ccccc2-c2ccccc21)C(=O)N[C@H](C(=O)O)[C@@H](C)OC. The zero-order valence-electron chi connectivity index (χ0n) is 19.4. The smallest absolute Gasteiger partial charge is 0.407 e. The summed E-state index contributed by atoms with van der Waals surface area (Å²) < 4.78 is 15.6. The molecular formula is C25H30N2O7. The van der Waals surface area contributed by atoms with Gasteiger partial charge in [-0.3, -0.25) is 4.79 Å². The number of carboxylic acids is 1. The Labute approximate surface area is 198 Å². The van der Waals surface area contributed by atoms with Crippen molar-refractivity contribution < 1.29 is 33.7 Å². The quantitative estimate of drug-likeness (QED) is 0.461. The van der Waals surface area contributed by atoms with Crippen molar-refractivity contribution in [2.75, 3.05) is 27.4 Å². The van der Waals surface area contributed by atoms with Crippen molar-refractivity contribution >= 4 is 18.0 Å². The van der Waals surface area contributed by atoms with E-state index in [2.05, 4.69) is 22.8 Å². The van der Waals surface area contributed by atoms with Crippen LogP contribution in [0.1, 0.15) is 30.4 Å². The van der Waals surface area contributed by atoms with Gasteiger partial charge in [0, 0.05) is 33.1 Å². The van der Waals surface area contributed by atoms with Crippen LogP contribution in [-0.2, 0) is 23.8 Å². The summed E-state index contributed by atoms with van der Waals surface area (Å²) in [6, 6.07) is 14.9. The van der Waals surface area contributed by atoms with Crippen molar-refractivity contribution in [3.63, 3.8) is 0 Å². The number of carbonyl (C=O) groups is 3. The molecule has 3 atom stereocenters. The van der Waals surface area contributed by atoms with Crippen LogP contribution >= 0.6 is 0 Å². The first kappa shape index (κ1) is 25.2. The van der Waals surface area contributed by atoms with Crippen LogP contribution in [0.25, 0.3) is 11.1 Å². The highest BCUT2D eigenvalue weighted by Gasteiger charge is 2.30. The number of carboxylic acid groups (broad SMARTS) is 1. The van der Waals surface area contributed by atoms with Gasteiger partial charge in [0.2, 0.25) is 5.91 Å². The fourth-order valence-corrected chi connectivity index (χ4v) is 4.07. The van der Waals surface area contributed by atoms with Gasteiger partial charge in [-0.2, -0.15) is 0 Å². The number of methoxy groups -OCH3 is 2. The van der Waals surface area contributed by atoms with Gasteiger partial charge in [0.25, 0.3) is 0 Å². The van der Waals surface area contributed by atoms with Crippen molar-refractivity contribution in [3.8, 4) is 11.1 Å². The molecule has 2 amide bonds. The molecule has 2 aromatic carbocycles. The monoisotopic (exact) mass is 470 g/mol. The third-order valence-corrected chi connectivity index (χ3v) is 6.00. The van der Waals surface area contributed by atoms with Crippen LogP contribution in [0.2, 0.25) is 0 Å². The number of fused-ring (bicyclic) bond motifs is 3. The Balaban J connectivity index is 1.50. The third-order valence-electron chi connectivity index (χ3n) is 6.00. The normalized spacial score (nSPS) is 14.9. The number of amides is 2. The van der Waals surface area contributed by atoms with Crippen molar-refractivity contribution in [2.24, 2.45) is 0 Å². The first-order valence-electron chi connectivity index (χ1n) is 11.0. The maximum Gasteiger partial charge on any atom is 0.407 e. The summed E-state index contributed by atoms with van der Waals surface area (Å²) in [6.45, 7) is 1.84. The van der Waals surface area contributed by atoms with E-state index in [0.717, 1.165) is 22.3 Å². The van der Waals surface area contributed by atoms with E-state index >= 15 is 0 Å². The lowest BCUT2D eigenvalue weighted by Gasteiger charge is -2.23. The van der Waals surface area contributed by atoms with Gasteiger partial charge in [-0.05, 0) is 29.2 Å². The maximum absolute atomic E-state index is 12.4. The fourth-order valence-electron chi connectivity index (χ4n) is 4.07. The highest BCUT2D eigenvalue weighted by Crippen LogP contribution is 2.44. The Morgan fingerprint density at radius 3 is 2.09 bits per heavy atom. The van der Waals surface area contributed by atoms with Crippen molar-refractivity contribution in [1.82, 2.24) is 10.6 Å². The summed E-state index contributed by atoms with van der Waals surface area (Å²) in [5.74, 6) is -1.87. The first-order chi connectivity index (χ1) is 16.4. The lowest BCUT2D eigenvalue weighted by molar-refractivity contribution is -0.147. The maximum atomic E-state index is 12.4. The number of hydrogen-bond donors (Lipinski definition) is 3. The summed E-state index contributed by atoms with van der Waals surface area (Å²) in [6.07, 6.45) is -2.13. The molecule has 9 heteroatoms. The topological polar surface area (TPSA) is 123 Å². The van der Waals surface area contributed by atoms with Gasteiger partial charge in [-0.1, -0.05) is 48.5 Å². The Kier molecular flexibility index (Phi) is 8.61. The molecule has 0 radical (unpaired) electrons. The molecule has 9 nitrogen and oxygen atoms in total. The summed E-state index contributed by atoms with van der Waals surface area (Å²) in [5, 5.41) is 14.3. The minimum atomic E-state index is -1.22. The molecule has 182 valence electrons. The van der Waals surface area contributed by atoms with Crippen LogP contribution in [0.3, 0.4) is 0 Å². The van der Waals surface area contributed by atoms with Crippen LogP contribution in [0.15, 0.2) is 48.5 Å².